The molecule has 0 saturated heterocycles. The van der Waals surface area contributed by atoms with Gasteiger partial charge in [-0.1, -0.05) is 40.5 Å². The highest BCUT2D eigenvalue weighted by Crippen LogP contribution is 2.34. The first kappa shape index (κ1) is 16.5. The molecule has 0 spiro atoms. The standard InChI is InChI=1S/C17H18BrClFN/c1-4-21-17(14-6-5-12(19)9-15(14)18)16-10(2)7-13(20)8-11(16)3/h5-9,17,21H,4H2,1-3H3. The molecule has 0 radical (unpaired) electrons. The van der Waals surface area contributed by atoms with Gasteiger partial charge in [0.25, 0.3) is 0 Å². The van der Waals surface area contributed by atoms with Crippen molar-refractivity contribution in [3.8, 4) is 0 Å². The summed E-state index contributed by atoms with van der Waals surface area (Å²) in [6, 6.07) is 8.92. The van der Waals surface area contributed by atoms with E-state index in [2.05, 4.69) is 28.2 Å². The Balaban J connectivity index is 2.59. The van der Waals surface area contributed by atoms with E-state index in [9.17, 15) is 4.39 Å². The van der Waals surface area contributed by atoms with E-state index in [4.69, 9.17) is 11.6 Å². The molecule has 0 fully saturated rings. The molecule has 0 heterocycles. The molecule has 2 aromatic carbocycles. The molecule has 0 aliphatic carbocycles. The van der Waals surface area contributed by atoms with Crippen LogP contribution in [0.1, 0.15) is 35.2 Å². The van der Waals surface area contributed by atoms with Gasteiger partial charge in [-0.3, -0.25) is 0 Å². The van der Waals surface area contributed by atoms with E-state index in [1.54, 1.807) is 12.1 Å². The number of hydrogen-bond donors (Lipinski definition) is 1. The smallest absolute Gasteiger partial charge is 0.123 e. The van der Waals surface area contributed by atoms with Crippen LogP contribution in [0.3, 0.4) is 0 Å². The molecular formula is C17H18BrClFN. The molecule has 4 heteroatoms. The summed E-state index contributed by atoms with van der Waals surface area (Å²) in [6.45, 7) is 6.76. The van der Waals surface area contributed by atoms with E-state index in [-0.39, 0.29) is 11.9 Å². The third-order valence-corrected chi connectivity index (χ3v) is 4.45. The largest absolute Gasteiger partial charge is 0.306 e. The Morgan fingerprint density at radius 1 is 1.19 bits per heavy atom. The molecule has 0 aliphatic rings. The second kappa shape index (κ2) is 6.91. The highest BCUT2D eigenvalue weighted by molar-refractivity contribution is 9.10. The molecule has 0 aromatic heterocycles. The maximum absolute atomic E-state index is 13.5. The first-order valence-electron chi connectivity index (χ1n) is 6.89. The van der Waals surface area contributed by atoms with Gasteiger partial charge in [-0.05, 0) is 66.9 Å². The molecule has 0 saturated carbocycles. The Morgan fingerprint density at radius 2 is 1.81 bits per heavy atom. The second-order valence-corrected chi connectivity index (χ2v) is 6.40. The first-order valence-corrected chi connectivity index (χ1v) is 8.06. The van der Waals surface area contributed by atoms with Crippen molar-refractivity contribution in [3.63, 3.8) is 0 Å². The minimum Gasteiger partial charge on any atom is -0.306 e. The van der Waals surface area contributed by atoms with Crippen LogP contribution in [0.2, 0.25) is 5.02 Å². The molecule has 1 unspecified atom stereocenters. The SMILES string of the molecule is CCNC(c1ccc(Cl)cc1Br)c1c(C)cc(F)cc1C. The van der Waals surface area contributed by atoms with Gasteiger partial charge < -0.3 is 5.32 Å². The Labute approximate surface area is 138 Å². The minimum atomic E-state index is -0.195. The van der Waals surface area contributed by atoms with Crippen LogP contribution in [0.25, 0.3) is 0 Å². The van der Waals surface area contributed by atoms with Crippen LogP contribution < -0.4 is 5.32 Å². The van der Waals surface area contributed by atoms with Crippen LogP contribution in [-0.4, -0.2) is 6.54 Å². The average Bonchev–Trinajstić information content (AvgIpc) is 2.37. The number of halogens is 3. The van der Waals surface area contributed by atoms with E-state index in [1.165, 1.54) is 0 Å². The van der Waals surface area contributed by atoms with Gasteiger partial charge in [-0.25, -0.2) is 4.39 Å². The van der Waals surface area contributed by atoms with Crippen molar-refractivity contribution in [2.24, 2.45) is 0 Å². The maximum atomic E-state index is 13.5. The summed E-state index contributed by atoms with van der Waals surface area (Å²) in [5.74, 6) is -0.195. The van der Waals surface area contributed by atoms with Gasteiger partial charge in [-0.2, -0.15) is 0 Å². The quantitative estimate of drug-likeness (QED) is 0.743. The normalized spacial score (nSPS) is 12.5. The Morgan fingerprint density at radius 3 is 2.33 bits per heavy atom. The Hall–Kier alpha value is -0.900. The number of benzene rings is 2. The van der Waals surface area contributed by atoms with Crippen LogP contribution >= 0.6 is 27.5 Å². The topological polar surface area (TPSA) is 12.0 Å². The molecule has 112 valence electrons. The van der Waals surface area contributed by atoms with E-state index in [0.29, 0.717) is 5.02 Å². The molecule has 0 bridgehead atoms. The highest BCUT2D eigenvalue weighted by Gasteiger charge is 2.20. The van der Waals surface area contributed by atoms with E-state index < -0.39 is 0 Å². The maximum Gasteiger partial charge on any atom is 0.123 e. The van der Waals surface area contributed by atoms with Crippen molar-refractivity contribution in [1.29, 1.82) is 0 Å². The molecular weight excluding hydrogens is 353 g/mol. The highest BCUT2D eigenvalue weighted by atomic mass is 79.9. The predicted octanol–water partition coefficient (Wildman–Crippen LogP) is 5.56. The molecule has 1 nitrogen and oxygen atoms in total. The van der Waals surface area contributed by atoms with Gasteiger partial charge in [0.05, 0.1) is 6.04 Å². The van der Waals surface area contributed by atoms with Gasteiger partial charge in [0.15, 0.2) is 0 Å². The predicted molar refractivity (Wildman–Crippen MR) is 90.5 cm³/mol. The number of hydrogen-bond acceptors (Lipinski definition) is 1. The first-order chi connectivity index (χ1) is 9.93. The van der Waals surface area contributed by atoms with Crippen LogP contribution in [0.15, 0.2) is 34.8 Å². The summed E-state index contributed by atoms with van der Waals surface area (Å²) in [5.41, 5.74) is 4.10. The zero-order chi connectivity index (χ0) is 15.6. The molecule has 1 atom stereocenters. The van der Waals surface area contributed by atoms with Crippen LogP contribution in [0, 0.1) is 19.7 Å². The third-order valence-electron chi connectivity index (χ3n) is 3.53. The fraction of sp³-hybridized carbons (Fsp3) is 0.294. The molecule has 2 aromatic rings. The zero-order valence-electron chi connectivity index (χ0n) is 12.3. The summed E-state index contributed by atoms with van der Waals surface area (Å²) in [6.07, 6.45) is 0. The lowest BCUT2D eigenvalue weighted by Gasteiger charge is -2.24. The number of aryl methyl sites for hydroxylation is 2. The lowest BCUT2D eigenvalue weighted by Crippen LogP contribution is -2.24. The molecule has 21 heavy (non-hydrogen) atoms. The van der Waals surface area contributed by atoms with Crippen molar-refractivity contribution in [1.82, 2.24) is 5.32 Å². The van der Waals surface area contributed by atoms with Gasteiger partial charge >= 0.3 is 0 Å². The lowest BCUT2D eigenvalue weighted by atomic mass is 9.91. The zero-order valence-corrected chi connectivity index (χ0v) is 14.6. The van der Waals surface area contributed by atoms with Gasteiger partial charge in [0.2, 0.25) is 0 Å². The number of rotatable bonds is 4. The summed E-state index contributed by atoms with van der Waals surface area (Å²) in [4.78, 5) is 0. The summed E-state index contributed by atoms with van der Waals surface area (Å²) < 4.78 is 14.5. The fourth-order valence-corrected chi connectivity index (χ4v) is 3.60. The molecule has 1 N–H and O–H groups in total. The summed E-state index contributed by atoms with van der Waals surface area (Å²) in [5, 5.41) is 4.17. The summed E-state index contributed by atoms with van der Waals surface area (Å²) in [7, 11) is 0. The molecule has 0 aliphatic heterocycles. The van der Waals surface area contributed by atoms with Crippen molar-refractivity contribution >= 4 is 27.5 Å². The molecule has 0 amide bonds. The lowest BCUT2D eigenvalue weighted by molar-refractivity contribution is 0.605. The average molecular weight is 371 g/mol. The van der Waals surface area contributed by atoms with Crippen molar-refractivity contribution < 1.29 is 4.39 Å². The van der Waals surface area contributed by atoms with Gasteiger partial charge in [0.1, 0.15) is 5.82 Å². The Bertz CT molecular complexity index is 634. The summed E-state index contributed by atoms with van der Waals surface area (Å²) >= 11 is 9.61. The number of nitrogens with one attached hydrogen (secondary N) is 1. The van der Waals surface area contributed by atoms with E-state index in [0.717, 1.165) is 33.3 Å². The fourth-order valence-electron chi connectivity index (χ4n) is 2.68. The van der Waals surface area contributed by atoms with E-state index in [1.807, 2.05) is 32.0 Å². The van der Waals surface area contributed by atoms with Crippen LogP contribution in [0.5, 0.6) is 0 Å². The second-order valence-electron chi connectivity index (χ2n) is 5.11. The Kier molecular flexibility index (Phi) is 5.42. The minimum absolute atomic E-state index is 0.00208. The van der Waals surface area contributed by atoms with E-state index >= 15 is 0 Å². The monoisotopic (exact) mass is 369 g/mol. The van der Waals surface area contributed by atoms with Crippen molar-refractivity contribution in [2.45, 2.75) is 26.8 Å². The van der Waals surface area contributed by atoms with Crippen LogP contribution in [-0.2, 0) is 0 Å². The van der Waals surface area contributed by atoms with Gasteiger partial charge in [0, 0.05) is 9.50 Å². The van der Waals surface area contributed by atoms with Crippen molar-refractivity contribution in [3.05, 3.63) is 67.9 Å². The van der Waals surface area contributed by atoms with Gasteiger partial charge in [-0.15, -0.1) is 0 Å². The van der Waals surface area contributed by atoms with Crippen LogP contribution in [0.4, 0.5) is 4.39 Å². The van der Waals surface area contributed by atoms with Crippen molar-refractivity contribution in [2.75, 3.05) is 6.54 Å². The molecule has 2 rings (SSSR count). The third kappa shape index (κ3) is 3.65.